The van der Waals surface area contributed by atoms with E-state index in [4.69, 9.17) is 9.47 Å². The molecule has 0 radical (unpaired) electrons. The van der Waals surface area contributed by atoms with E-state index in [2.05, 4.69) is 10.0 Å². The third-order valence-electron chi connectivity index (χ3n) is 3.29. The standard InChI is InChI=1S/C16H16F2N2O5S/c1-24-11-4-6-15(14(8-11)25-2)26(22,23)19-9-16(21)20-13-5-3-10(17)7-12(13)18/h3-8,19H,9H2,1-2H3,(H,20,21). The fourth-order valence-corrected chi connectivity index (χ4v) is 3.15. The van der Waals surface area contributed by atoms with Crippen LogP contribution in [-0.4, -0.2) is 35.1 Å². The molecule has 0 aliphatic carbocycles. The van der Waals surface area contributed by atoms with Crippen LogP contribution in [0.25, 0.3) is 0 Å². The summed E-state index contributed by atoms with van der Waals surface area (Å²) in [5, 5.41) is 2.15. The Balaban J connectivity index is 2.09. The number of carbonyl (C=O) groups excluding carboxylic acids is 1. The first-order valence-corrected chi connectivity index (χ1v) is 8.71. The molecule has 0 aliphatic heterocycles. The predicted molar refractivity (Wildman–Crippen MR) is 89.7 cm³/mol. The molecule has 0 unspecified atom stereocenters. The Morgan fingerprint density at radius 3 is 2.42 bits per heavy atom. The normalized spacial score (nSPS) is 11.1. The summed E-state index contributed by atoms with van der Waals surface area (Å²) in [4.78, 5) is 11.6. The number of sulfonamides is 1. The number of ether oxygens (including phenoxy) is 2. The lowest BCUT2D eigenvalue weighted by Gasteiger charge is -2.12. The Bertz CT molecular complexity index is 919. The number of methoxy groups -OCH3 is 2. The van der Waals surface area contributed by atoms with Gasteiger partial charge in [0, 0.05) is 12.1 Å². The van der Waals surface area contributed by atoms with Crippen LogP contribution in [0.1, 0.15) is 0 Å². The van der Waals surface area contributed by atoms with Gasteiger partial charge in [0.05, 0.1) is 26.5 Å². The van der Waals surface area contributed by atoms with E-state index in [-0.39, 0.29) is 16.3 Å². The van der Waals surface area contributed by atoms with Gasteiger partial charge in [0.2, 0.25) is 15.9 Å². The number of nitrogens with one attached hydrogen (secondary N) is 2. The van der Waals surface area contributed by atoms with Gasteiger partial charge in [-0.05, 0) is 24.3 Å². The molecule has 0 saturated carbocycles. The molecular weight excluding hydrogens is 370 g/mol. The fourth-order valence-electron chi connectivity index (χ4n) is 2.02. The van der Waals surface area contributed by atoms with Crippen LogP contribution in [0.15, 0.2) is 41.3 Å². The van der Waals surface area contributed by atoms with Crippen molar-refractivity contribution in [1.82, 2.24) is 4.72 Å². The minimum Gasteiger partial charge on any atom is -0.497 e. The minimum atomic E-state index is -4.08. The quantitative estimate of drug-likeness (QED) is 0.758. The topological polar surface area (TPSA) is 93.7 Å². The summed E-state index contributed by atoms with van der Waals surface area (Å²) in [7, 11) is -1.37. The van der Waals surface area contributed by atoms with Crippen LogP contribution in [0.4, 0.5) is 14.5 Å². The molecule has 1 amide bonds. The average Bonchev–Trinajstić information content (AvgIpc) is 2.61. The number of rotatable bonds is 7. The van der Waals surface area contributed by atoms with Crippen LogP contribution >= 0.6 is 0 Å². The monoisotopic (exact) mass is 386 g/mol. The number of halogens is 2. The first-order valence-electron chi connectivity index (χ1n) is 7.23. The molecule has 0 saturated heterocycles. The number of carbonyl (C=O) groups is 1. The van der Waals surface area contributed by atoms with Gasteiger partial charge < -0.3 is 14.8 Å². The lowest BCUT2D eigenvalue weighted by atomic mass is 10.3. The van der Waals surface area contributed by atoms with Crippen molar-refractivity contribution in [1.29, 1.82) is 0 Å². The van der Waals surface area contributed by atoms with Crippen molar-refractivity contribution in [2.45, 2.75) is 4.90 Å². The maximum Gasteiger partial charge on any atom is 0.244 e. The zero-order valence-electron chi connectivity index (χ0n) is 13.9. The van der Waals surface area contributed by atoms with Gasteiger partial charge in [0.15, 0.2) is 0 Å². The molecule has 0 heterocycles. The highest BCUT2D eigenvalue weighted by Crippen LogP contribution is 2.28. The molecule has 0 fully saturated rings. The smallest absolute Gasteiger partial charge is 0.244 e. The molecule has 2 rings (SSSR count). The largest absolute Gasteiger partial charge is 0.497 e. The van der Waals surface area contributed by atoms with E-state index in [0.717, 1.165) is 12.1 Å². The second-order valence-electron chi connectivity index (χ2n) is 5.01. The molecule has 140 valence electrons. The van der Waals surface area contributed by atoms with Crippen molar-refractivity contribution in [3.63, 3.8) is 0 Å². The Labute approximate surface area is 149 Å². The summed E-state index contributed by atoms with van der Waals surface area (Å²) < 4.78 is 63.1. The second-order valence-corrected chi connectivity index (χ2v) is 6.75. The Morgan fingerprint density at radius 2 is 1.81 bits per heavy atom. The van der Waals surface area contributed by atoms with Crippen LogP contribution in [0, 0.1) is 11.6 Å². The number of benzene rings is 2. The minimum absolute atomic E-state index is 0.0295. The van der Waals surface area contributed by atoms with Crippen LogP contribution in [-0.2, 0) is 14.8 Å². The van der Waals surface area contributed by atoms with E-state index in [1.165, 1.54) is 32.4 Å². The summed E-state index contributed by atoms with van der Waals surface area (Å²) in [6.07, 6.45) is 0. The van der Waals surface area contributed by atoms with Crippen molar-refractivity contribution in [2.24, 2.45) is 0 Å². The van der Waals surface area contributed by atoms with Gasteiger partial charge in [-0.15, -0.1) is 0 Å². The van der Waals surface area contributed by atoms with Gasteiger partial charge in [-0.1, -0.05) is 0 Å². The van der Waals surface area contributed by atoms with Crippen molar-refractivity contribution < 1.29 is 31.5 Å². The third-order valence-corrected chi connectivity index (χ3v) is 4.73. The zero-order valence-corrected chi connectivity index (χ0v) is 14.7. The van der Waals surface area contributed by atoms with Gasteiger partial charge in [0.1, 0.15) is 28.0 Å². The van der Waals surface area contributed by atoms with Crippen molar-refractivity contribution in [3.8, 4) is 11.5 Å². The highest BCUT2D eigenvalue weighted by atomic mass is 32.2. The molecular formula is C16H16F2N2O5S. The van der Waals surface area contributed by atoms with Gasteiger partial charge >= 0.3 is 0 Å². The Hall–Kier alpha value is -2.72. The molecule has 7 nitrogen and oxygen atoms in total. The first kappa shape index (κ1) is 19.6. The molecule has 0 atom stereocenters. The van der Waals surface area contributed by atoms with Crippen LogP contribution in [0.2, 0.25) is 0 Å². The highest BCUT2D eigenvalue weighted by Gasteiger charge is 2.21. The first-order chi connectivity index (χ1) is 12.3. The van der Waals surface area contributed by atoms with Crippen molar-refractivity contribution in [2.75, 3.05) is 26.1 Å². The maximum atomic E-state index is 13.5. The Morgan fingerprint density at radius 1 is 1.08 bits per heavy atom. The molecule has 0 aliphatic rings. The van der Waals surface area contributed by atoms with Gasteiger partial charge in [0.25, 0.3) is 0 Å². The van der Waals surface area contributed by atoms with Gasteiger partial charge in [-0.3, -0.25) is 4.79 Å². The summed E-state index contributed by atoms with van der Waals surface area (Å²) in [5.74, 6) is -2.18. The van der Waals surface area contributed by atoms with E-state index in [1.54, 1.807) is 0 Å². The highest BCUT2D eigenvalue weighted by molar-refractivity contribution is 7.89. The molecule has 26 heavy (non-hydrogen) atoms. The molecule has 0 spiro atoms. The molecule has 0 bridgehead atoms. The van der Waals surface area contributed by atoms with Crippen LogP contribution in [0.3, 0.4) is 0 Å². The van der Waals surface area contributed by atoms with E-state index in [0.29, 0.717) is 11.8 Å². The molecule has 2 N–H and O–H groups in total. The SMILES string of the molecule is COc1ccc(S(=O)(=O)NCC(=O)Nc2ccc(F)cc2F)c(OC)c1. The van der Waals surface area contributed by atoms with Crippen LogP contribution < -0.4 is 19.5 Å². The molecule has 10 heteroatoms. The number of amides is 1. The van der Waals surface area contributed by atoms with Crippen molar-refractivity contribution in [3.05, 3.63) is 48.0 Å². The zero-order chi connectivity index (χ0) is 19.3. The third kappa shape index (κ3) is 4.67. The van der Waals surface area contributed by atoms with Gasteiger partial charge in [-0.25, -0.2) is 21.9 Å². The summed E-state index contributed by atoms with van der Waals surface area (Å²) in [6, 6.07) is 6.65. The number of anilines is 1. The van der Waals surface area contributed by atoms with E-state index in [9.17, 15) is 22.0 Å². The van der Waals surface area contributed by atoms with Gasteiger partial charge in [-0.2, -0.15) is 0 Å². The summed E-state index contributed by atoms with van der Waals surface area (Å²) in [6.45, 7) is -0.658. The van der Waals surface area contributed by atoms with Crippen LogP contribution in [0.5, 0.6) is 11.5 Å². The lowest BCUT2D eigenvalue weighted by Crippen LogP contribution is -2.33. The van der Waals surface area contributed by atoms with Crippen molar-refractivity contribution >= 4 is 21.6 Å². The molecule has 2 aromatic rings. The Kier molecular flexibility index (Phi) is 6.11. The van der Waals surface area contributed by atoms with E-state index in [1.807, 2.05) is 0 Å². The molecule has 2 aromatic carbocycles. The number of hydrogen-bond donors (Lipinski definition) is 2. The summed E-state index contributed by atoms with van der Waals surface area (Å²) >= 11 is 0. The maximum absolute atomic E-state index is 13.5. The number of hydrogen-bond acceptors (Lipinski definition) is 5. The van der Waals surface area contributed by atoms with E-state index < -0.39 is 34.1 Å². The predicted octanol–water partition coefficient (Wildman–Crippen LogP) is 1.90. The molecule has 0 aromatic heterocycles. The lowest BCUT2D eigenvalue weighted by molar-refractivity contribution is -0.115. The second kappa shape index (κ2) is 8.11. The fraction of sp³-hybridized carbons (Fsp3) is 0.188. The van der Waals surface area contributed by atoms with E-state index >= 15 is 0 Å². The average molecular weight is 386 g/mol. The summed E-state index contributed by atoms with van der Waals surface area (Å²) in [5.41, 5.74) is -0.266.